The van der Waals surface area contributed by atoms with Crippen LogP contribution in [0.1, 0.15) is 41.0 Å². The zero-order valence-corrected chi connectivity index (χ0v) is 11.1. The van der Waals surface area contributed by atoms with E-state index in [9.17, 15) is 9.59 Å². The summed E-state index contributed by atoms with van der Waals surface area (Å²) in [7, 11) is 1.31. The summed E-state index contributed by atoms with van der Waals surface area (Å²) in [6.07, 6.45) is 0.421. The molecule has 16 heavy (non-hydrogen) atoms. The Morgan fingerprint density at radius 3 is 2.12 bits per heavy atom. The van der Waals surface area contributed by atoms with Crippen LogP contribution < -0.4 is 5.32 Å². The second kappa shape index (κ2) is 5.87. The zero-order chi connectivity index (χ0) is 12.9. The molecule has 1 amide bonds. The highest BCUT2D eigenvalue weighted by Crippen LogP contribution is 2.27. The molecular formula is C12H23NO3. The highest BCUT2D eigenvalue weighted by Gasteiger charge is 2.24. The Kier molecular flexibility index (Phi) is 5.48. The average molecular weight is 229 g/mol. The number of hydrogen-bond donors (Lipinski definition) is 1. The van der Waals surface area contributed by atoms with Crippen molar-refractivity contribution in [2.75, 3.05) is 7.11 Å². The summed E-state index contributed by atoms with van der Waals surface area (Å²) in [5.74, 6) is -0.269. The molecule has 0 saturated carbocycles. The van der Waals surface area contributed by atoms with Crippen LogP contribution in [0, 0.1) is 11.3 Å². The minimum Gasteiger partial charge on any atom is -0.467 e. The van der Waals surface area contributed by atoms with Gasteiger partial charge in [-0.2, -0.15) is 0 Å². The molecule has 2 atom stereocenters. The van der Waals surface area contributed by atoms with E-state index in [-0.39, 0.29) is 17.2 Å². The number of rotatable bonds is 4. The van der Waals surface area contributed by atoms with E-state index >= 15 is 0 Å². The molecule has 0 bridgehead atoms. The van der Waals surface area contributed by atoms with Crippen molar-refractivity contribution in [3.63, 3.8) is 0 Å². The highest BCUT2D eigenvalue weighted by atomic mass is 16.5. The van der Waals surface area contributed by atoms with Crippen LogP contribution in [0.5, 0.6) is 0 Å². The molecule has 0 aliphatic heterocycles. The SMILES string of the molecule is COC(=O)C(C)NC(=O)CC(C)C(C)(C)C. The molecule has 0 aromatic rings. The van der Waals surface area contributed by atoms with Crippen LogP contribution >= 0.6 is 0 Å². The van der Waals surface area contributed by atoms with Gasteiger partial charge < -0.3 is 10.1 Å². The molecule has 4 nitrogen and oxygen atoms in total. The van der Waals surface area contributed by atoms with Gasteiger partial charge in [-0.25, -0.2) is 4.79 Å². The van der Waals surface area contributed by atoms with Gasteiger partial charge in [0.1, 0.15) is 6.04 Å². The first-order valence-corrected chi connectivity index (χ1v) is 5.55. The summed E-state index contributed by atoms with van der Waals surface area (Å²) in [5.41, 5.74) is 0.0891. The van der Waals surface area contributed by atoms with Gasteiger partial charge in [0.05, 0.1) is 7.11 Å². The molecule has 0 saturated heterocycles. The predicted molar refractivity (Wildman–Crippen MR) is 62.9 cm³/mol. The molecule has 0 aliphatic rings. The molecule has 0 heterocycles. The van der Waals surface area contributed by atoms with Crippen LogP contribution in [0.15, 0.2) is 0 Å². The Labute approximate surface area is 97.7 Å². The molecule has 0 fully saturated rings. The average Bonchev–Trinajstić information content (AvgIpc) is 2.14. The molecule has 0 aromatic carbocycles. The van der Waals surface area contributed by atoms with E-state index in [0.717, 1.165) is 0 Å². The van der Waals surface area contributed by atoms with Gasteiger partial charge in [0.2, 0.25) is 5.91 Å². The summed E-state index contributed by atoms with van der Waals surface area (Å²) in [6.45, 7) is 9.92. The van der Waals surface area contributed by atoms with E-state index in [1.54, 1.807) is 6.92 Å². The third kappa shape index (κ3) is 5.14. The Balaban J connectivity index is 4.15. The summed E-state index contributed by atoms with van der Waals surface area (Å²) in [4.78, 5) is 22.7. The first kappa shape index (κ1) is 14.9. The van der Waals surface area contributed by atoms with Crippen molar-refractivity contribution in [3.8, 4) is 0 Å². The minimum absolute atomic E-state index is 0.0891. The summed E-state index contributed by atoms with van der Waals surface area (Å²) < 4.78 is 4.53. The van der Waals surface area contributed by atoms with Crippen LogP contribution in [-0.2, 0) is 14.3 Å². The highest BCUT2D eigenvalue weighted by molar-refractivity contribution is 5.84. The van der Waals surface area contributed by atoms with E-state index in [2.05, 4.69) is 30.8 Å². The van der Waals surface area contributed by atoms with Gasteiger partial charge in [0, 0.05) is 6.42 Å². The number of esters is 1. The van der Waals surface area contributed by atoms with Crippen molar-refractivity contribution in [1.29, 1.82) is 0 Å². The molecule has 2 unspecified atom stereocenters. The van der Waals surface area contributed by atoms with Crippen LogP contribution in [0.3, 0.4) is 0 Å². The summed E-state index contributed by atoms with van der Waals surface area (Å²) >= 11 is 0. The van der Waals surface area contributed by atoms with E-state index in [4.69, 9.17) is 0 Å². The minimum atomic E-state index is -0.579. The largest absolute Gasteiger partial charge is 0.467 e. The molecular weight excluding hydrogens is 206 g/mol. The van der Waals surface area contributed by atoms with Crippen LogP contribution in [-0.4, -0.2) is 25.0 Å². The number of amides is 1. The fourth-order valence-corrected chi connectivity index (χ4v) is 1.12. The molecule has 0 rings (SSSR count). The zero-order valence-electron chi connectivity index (χ0n) is 11.1. The van der Waals surface area contributed by atoms with Gasteiger partial charge in [0.15, 0.2) is 0 Å². The lowest BCUT2D eigenvalue weighted by atomic mass is 9.80. The van der Waals surface area contributed by atoms with Gasteiger partial charge in [0.25, 0.3) is 0 Å². The van der Waals surface area contributed by atoms with E-state index in [1.807, 2.05) is 6.92 Å². The van der Waals surface area contributed by atoms with Gasteiger partial charge in [-0.15, -0.1) is 0 Å². The van der Waals surface area contributed by atoms with Gasteiger partial charge in [-0.05, 0) is 18.3 Å². The number of carbonyl (C=O) groups excluding carboxylic acids is 2. The fraction of sp³-hybridized carbons (Fsp3) is 0.833. The van der Waals surface area contributed by atoms with Crippen molar-refractivity contribution >= 4 is 11.9 Å². The Morgan fingerprint density at radius 1 is 1.25 bits per heavy atom. The maximum absolute atomic E-state index is 11.6. The quantitative estimate of drug-likeness (QED) is 0.747. The van der Waals surface area contributed by atoms with Crippen LogP contribution in [0.25, 0.3) is 0 Å². The maximum atomic E-state index is 11.6. The monoisotopic (exact) mass is 229 g/mol. The molecule has 0 aliphatic carbocycles. The number of nitrogens with one attached hydrogen (secondary N) is 1. The van der Waals surface area contributed by atoms with Crippen molar-refractivity contribution in [1.82, 2.24) is 5.32 Å². The van der Waals surface area contributed by atoms with Crippen LogP contribution in [0.4, 0.5) is 0 Å². The second-order valence-corrected chi connectivity index (χ2v) is 5.28. The molecule has 0 radical (unpaired) electrons. The summed E-state index contributed by atoms with van der Waals surface area (Å²) in [5, 5.41) is 2.62. The van der Waals surface area contributed by atoms with Gasteiger partial charge >= 0.3 is 5.97 Å². The molecule has 0 aromatic heterocycles. The Hall–Kier alpha value is -1.06. The first-order valence-electron chi connectivity index (χ1n) is 5.55. The number of methoxy groups -OCH3 is 1. The molecule has 1 N–H and O–H groups in total. The first-order chi connectivity index (χ1) is 7.18. The lowest BCUT2D eigenvalue weighted by Crippen LogP contribution is -2.40. The molecule has 94 valence electrons. The van der Waals surface area contributed by atoms with Crippen molar-refractivity contribution in [2.45, 2.75) is 47.1 Å². The molecule has 0 spiro atoms. The van der Waals surface area contributed by atoms with E-state index < -0.39 is 12.0 Å². The number of ether oxygens (including phenoxy) is 1. The fourth-order valence-electron chi connectivity index (χ4n) is 1.12. The lowest BCUT2D eigenvalue weighted by Gasteiger charge is -2.27. The van der Waals surface area contributed by atoms with E-state index in [0.29, 0.717) is 6.42 Å². The van der Waals surface area contributed by atoms with Gasteiger partial charge in [-0.3, -0.25) is 4.79 Å². The summed E-state index contributed by atoms with van der Waals surface area (Å²) in [6, 6.07) is -0.579. The van der Waals surface area contributed by atoms with Crippen LogP contribution in [0.2, 0.25) is 0 Å². The van der Waals surface area contributed by atoms with E-state index in [1.165, 1.54) is 7.11 Å². The molecule has 4 heteroatoms. The number of carbonyl (C=O) groups is 2. The number of hydrogen-bond acceptors (Lipinski definition) is 3. The maximum Gasteiger partial charge on any atom is 0.328 e. The third-order valence-electron chi connectivity index (χ3n) is 2.90. The Morgan fingerprint density at radius 2 is 1.75 bits per heavy atom. The second-order valence-electron chi connectivity index (χ2n) is 5.28. The Bertz CT molecular complexity index is 255. The lowest BCUT2D eigenvalue weighted by molar-refractivity contribution is -0.144. The van der Waals surface area contributed by atoms with Crippen molar-refractivity contribution < 1.29 is 14.3 Å². The van der Waals surface area contributed by atoms with Crippen molar-refractivity contribution in [3.05, 3.63) is 0 Å². The van der Waals surface area contributed by atoms with Gasteiger partial charge in [-0.1, -0.05) is 27.7 Å². The topological polar surface area (TPSA) is 55.4 Å². The third-order valence-corrected chi connectivity index (χ3v) is 2.90. The standard InChI is InChI=1S/C12H23NO3/c1-8(12(3,4)5)7-10(14)13-9(2)11(15)16-6/h8-9H,7H2,1-6H3,(H,13,14). The predicted octanol–water partition coefficient (Wildman–Crippen LogP) is 1.74. The normalized spacial score (nSPS) is 15.1. The van der Waals surface area contributed by atoms with Crippen molar-refractivity contribution in [2.24, 2.45) is 11.3 Å². The smallest absolute Gasteiger partial charge is 0.328 e.